The van der Waals surface area contributed by atoms with E-state index in [4.69, 9.17) is 37.4 Å². The second-order valence-electron chi connectivity index (χ2n) is 10.5. The van der Waals surface area contributed by atoms with E-state index in [0.29, 0.717) is 56.8 Å². The van der Waals surface area contributed by atoms with E-state index in [-0.39, 0.29) is 24.6 Å². The molecule has 198 valence electrons. The van der Waals surface area contributed by atoms with Crippen LogP contribution in [0.25, 0.3) is 0 Å². The van der Waals surface area contributed by atoms with E-state index in [1.807, 2.05) is 31.2 Å². The van der Waals surface area contributed by atoms with Crippen molar-refractivity contribution in [3.8, 4) is 11.5 Å². The number of Topliss-reactive ketones (excluding diaryl/α,β-unsaturated/α-hetero) is 1. The first-order chi connectivity index (χ1) is 18.4. The zero-order valence-corrected chi connectivity index (χ0v) is 22.7. The molecule has 1 saturated carbocycles. The lowest BCUT2D eigenvalue weighted by Gasteiger charge is -2.37. The van der Waals surface area contributed by atoms with E-state index >= 15 is 0 Å². The standard InChI is InChI=1S/C30H29Cl2NO5/c1-16-27(30(35)38-20-5-3-2-4-6-20)28(21-13-25-26(14-22(21)32)37-15-36-25)29-23(33-16)11-18(12-24(29)34)17-7-9-19(31)10-8-17/h7-10,13-14,18,20,28,33H,2-6,11-12,15H2,1H3. The van der Waals surface area contributed by atoms with E-state index in [1.54, 1.807) is 12.1 Å². The van der Waals surface area contributed by atoms with Crippen molar-refractivity contribution in [3.63, 3.8) is 0 Å². The van der Waals surface area contributed by atoms with Gasteiger partial charge in [0.2, 0.25) is 6.79 Å². The van der Waals surface area contributed by atoms with Gasteiger partial charge in [-0.15, -0.1) is 0 Å². The predicted molar refractivity (Wildman–Crippen MR) is 145 cm³/mol. The summed E-state index contributed by atoms with van der Waals surface area (Å²) in [6.45, 7) is 1.97. The van der Waals surface area contributed by atoms with Crippen molar-refractivity contribution >= 4 is 35.0 Å². The van der Waals surface area contributed by atoms with Crippen molar-refractivity contribution in [2.75, 3.05) is 6.79 Å². The third kappa shape index (κ3) is 4.69. The lowest BCUT2D eigenvalue weighted by Crippen LogP contribution is -2.37. The SMILES string of the molecule is CC1=C(C(=O)OC2CCCCC2)C(c2cc3c(cc2Cl)OCO3)C2=C(CC(c3ccc(Cl)cc3)CC2=O)N1. The van der Waals surface area contributed by atoms with E-state index in [0.717, 1.165) is 43.4 Å². The molecule has 8 heteroatoms. The summed E-state index contributed by atoms with van der Waals surface area (Å²) in [6, 6.07) is 11.1. The molecule has 4 aliphatic rings. The lowest BCUT2D eigenvalue weighted by atomic mass is 9.71. The van der Waals surface area contributed by atoms with Crippen LogP contribution in [0, 0.1) is 0 Å². The van der Waals surface area contributed by atoms with Crippen molar-refractivity contribution in [2.24, 2.45) is 0 Å². The van der Waals surface area contributed by atoms with Crippen LogP contribution in [0.5, 0.6) is 11.5 Å². The van der Waals surface area contributed by atoms with Crippen LogP contribution in [-0.2, 0) is 14.3 Å². The van der Waals surface area contributed by atoms with E-state index in [9.17, 15) is 9.59 Å². The fourth-order valence-electron chi connectivity index (χ4n) is 6.14. The second-order valence-corrected chi connectivity index (χ2v) is 11.3. The first-order valence-electron chi connectivity index (χ1n) is 13.2. The molecule has 0 aromatic heterocycles. The third-order valence-corrected chi connectivity index (χ3v) is 8.60. The average molecular weight is 554 g/mol. The molecule has 2 atom stereocenters. The van der Waals surface area contributed by atoms with Gasteiger partial charge in [0.05, 0.1) is 5.57 Å². The summed E-state index contributed by atoms with van der Waals surface area (Å²) in [5.74, 6) is 0.00914. The Balaban J connectivity index is 1.42. The highest BCUT2D eigenvalue weighted by Gasteiger charge is 2.43. The first kappa shape index (κ1) is 25.3. The minimum atomic E-state index is -0.664. The number of fused-ring (bicyclic) bond motifs is 1. The minimum absolute atomic E-state index is 0.00225. The summed E-state index contributed by atoms with van der Waals surface area (Å²) < 4.78 is 17.2. The number of hydrogen-bond acceptors (Lipinski definition) is 6. The summed E-state index contributed by atoms with van der Waals surface area (Å²) >= 11 is 12.9. The molecule has 2 heterocycles. The molecule has 1 N–H and O–H groups in total. The van der Waals surface area contributed by atoms with Gasteiger partial charge in [0.25, 0.3) is 0 Å². The van der Waals surface area contributed by atoms with Crippen LogP contribution < -0.4 is 14.8 Å². The predicted octanol–water partition coefficient (Wildman–Crippen LogP) is 6.96. The molecule has 0 spiro atoms. The molecule has 2 aromatic carbocycles. The minimum Gasteiger partial charge on any atom is -0.459 e. The molecule has 0 amide bonds. The molecular formula is C30H29Cl2NO5. The molecule has 38 heavy (non-hydrogen) atoms. The summed E-state index contributed by atoms with van der Waals surface area (Å²) in [6.07, 6.45) is 5.81. The van der Waals surface area contributed by atoms with Gasteiger partial charge in [-0.2, -0.15) is 0 Å². The number of hydrogen-bond donors (Lipinski definition) is 1. The molecule has 2 aromatic rings. The van der Waals surface area contributed by atoms with Gasteiger partial charge in [0.1, 0.15) is 6.10 Å². The number of rotatable bonds is 4. The summed E-state index contributed by atoms with van der Waals surface area (Å²) in [7, 11) is 0. The number of dihydropyridines is 1. The summed E-state index contributed by atoms with van der Waals surface area (Å²) in [4.78, 5) is 27.6. The number of halogens is 2. The van der Waals surface area contributed by atoms with Crippen molar-refractivity contribution in [1.29, 1.82) is 0 Å². The highest BCUT2D eigenvalue weighted by Crippen LogP contribution is 2.50. The number of allylic oxidation sites excluding steroid dienone is 3. The van der Waals surface area contributed by atoms with Gasteiger partial charge < -0.3 is 19.5 Å². The molecule has 0 radical (unpaired) electrons. The molecule has 0 bridgehead atoms. The fraction of sp³-hybridized carbons (Fsp3) is 0.400. The quantitative estimate of drug-likeness (QED) is 0.412. The Kier molecular flexibility index (Phi) is 6.87. The zero-order chi connectivity index (χ0) is 26.4. The number of carbonyl (C=O) groups is 2. The number of ketones is 1. The van der Waals surface area contributed by atoms with Crippen molar-refractivity contribution in [3.05, 3.63) is 80.1 Å². The van der Waals surface area contributed by atoms with Crippen molar-refractivity contribution in [1.82, 2.24) is 5.32 Å². The molecule has 6 rings (SSSR count). The normalized spacial score (nSPS) is 23.3. The van der Waals surface area contributed by atoms with E-state index in [1.165, 1.54) is 0 Å². The molecule has 6 nitrogen and oxygen atoms in total. The molecular weight excluding hydrogens is 525 g/mol. The van der Waals surface area contributed by atoms with Gasteiger partial charge in [-0.3, -0.25) is 4.79 Å². The van der Waals surface area contributed by atoms with Crippen LogP contribution in [0.2, 0.25) is 10.0 Å². The van der Waals surface area contributed by atoms with Crippen LogP contribution >= 0.6 is 23.2 Å². The summed E-state index contributed by atoms with van der Waals surface area (Å²) in [5.41, 5.74) is 4.17. The highest BCUT2D eigenvalue weighted by molar-refractivity contribution is 6.32. The number of benzene rings is 2. The third-order valence-electron chi connectivity index (χ3n) is 8.02. The monoisotopic (exact) mass is 553 g/mol. The maximum Gasteiger partial charge on any atom is 0.337 e. The molecule has 2 aliphatic heterocycles. The first-order valence-corrected chi connectivity index (χ1v) is 13.9. The Morgan fingerprint density at radius 2 is 1.71 bits per heavy atom. The van der Waals surface area contributed by atoms with Crippen LogP contribution in [-0.4, -0.2) is 24.6 Å². The fourth-order valence-corrected chi connectivity index (χ4v) is 6.53. The number of ether oxygens (including phenoxy) is 3. The number of carbonyl (C=O) groups excluding carboxylic acids is 2. The zero-order valence-electron chi connectivity index (χ0n) is 21.2. The van der Waals surface area contributed by atoms with Crippen LogP contribution in [0.4, 0.5) is 0 Å². The Morgan fingerprint density at radius 3 is 2.45 bits per heavy atom. The smallest absolute Gasteiger partial charge is 0.337 e. The van der Waals surface area contributed by atoms with Gasteiger partial charge >= 0.3 is 5.97 Å². The molecule has 0 saturated heterocycles. The van der Waals surface area contributed by atoms with Gasteiger partial charge in [-0.1, -0.05) is 41.8 Å². The van der Waals surface area contributed by atoms with E-state index in [2.05, 4.69) is 5.32 Å². The largest absolute Gasteiger partial charge is 0.459 e. The highest BCUT2D eigenvalue weighted by atomic mass is 35.5. The maximum absolute atomic E-state index is 13.9. The molecule has 2 unspecified atom stereocenters. The van der Waals surface area contributed by atoms with Gasteiger partial charge in [-0.25, -0.2) is 4.79 Å². The maximum atomic E-state index is 13.9. The Bertz CT molecular complexity index is 1360. The molecule has 2 aliphatic carbocycles. The van der Waals surface area contributed by atoms with E-state index < -0.39 is 11.9 Å². The Hall–Kier alpha value is -2.96. The topological polar surface area (TPSA) is 73.9 Å². The van der Waals surface area contributed by atoms with Gasteiger partial charge in [0.15, 0.2) is 17.3 Å². The van der Waals surface area contributed by atoms with Gasteiger partial charge in [-0.05, 0) is 74.3 Å². The lowest BCUT2D eigenvalue weighted by molar-refractivity contribution is -0.146. The van der Waals surface area contributed by atoms with Crippen molar-refractivity contribution < 1.29 is 23.8 Å². The second kappa shape index (κ2) is 10.3. The Morgan fingerprint density at radius 1 is 1.00 bits per heavy atom. The Labute approximate surface area is 231 Å². The number of esters is 1. The average Bonchev–Trinajstić information content (AvgIpc) is 3.35. The van der Waals surface area contributed by atoms with Gasteiger partial charge in [0, 0.05) is 45.4 Å². The van der Waals surface area contributed by atoms with Crippen LogP contribution in [0.3, 0.4) is 0 Å². The summed E-state index contributed by atoms with van der Waals surface area (Å²) in [5, 5.41) is 4.48. The number of nitrogens with one attached hydrogen (secondary N) is 1. The molecule has 1 fully saturated rings. The van der Waals surface area contributed by atoms with Crippen LogP contribution in [0.15, 0.2) is 58.9 Å². The van der Waals surface area contributed by atoms with Crippen molar-refractivity contribution in [2.45, 2.75) is 69.8 Å². The van der Waals surface area contributed by atoms with Crippen LogP contribution in [0.1, 0.15) is 74.8 Å².